The van der Waals surface area contributed by atoms with Crippen molar-refractivity contribution >= 4 is 39.9 Å². The van der Waals surface area contributed by atoms with Gasteiger partial charge in [0.05, 0.1) is 17.9 Å². The first kappa shape index (κ1) is 20.5. The summed E-state index contributed by atoms with van der Waals surface area (Å²) >= 11 is 1.34. The molecule has 1 aliphatic heterocycles. The number of hydrogen-bond donors (Lipinski definition) is 2. The van der Waals surface area contributed by atoms with Crippen LogP contribution >= 0.6 is 11.3 Å². The number of likely N-dealkylation sites (N-methyl/N-ethyl adjacent to an activating group) is 1. The van der Waals surface area contributed by atoms with Crippen LogP contribution in [0.4, 0.5) is 10.8 Å². The molecular formula is C22H20N4O4S. The summed E-state index contributed by atoms with van der Waals surface area (Å²) in [6, 6.07) is 14.2. The molecule has 1 aromatic heterocycles. The van der Waals surface area contributed by atoms with Gasteiger partial charge in [0.15, 0.2) is 11.7 Å². The highest BCUT2D eigenvalue weighted by atomic mass is 32.1. The zero-order valence-electron chi connectivity index (χ0n) is 17.0. The standard InChI is InChI=1S/C22H20N4O4S/c1-13-20(15-8-9-17-16(10-15)26(2)19(28)12-30-17)25-22(31-13)24-18(27)11-23-21(29)14-6-4-3-5-7-14/h3-10H,11-12H2,1-2H3,(H,23,29)(H,24,25,27). The number of aromatic nitrogens is 1. The van der Waals surface area contributed by atoms with Gasteiger partial charge in [0, 0.05) is 23.1 Å². The third-order valence-electron chi connectivity index (χ3n) is 4.81. The van der Waals surface area contributed by atoms with E-state index in [0.29, 0.717) is 27.8 Å². The van der Waals surface area contributed by atoms with E-state index in [1.54, 1.807) is 36.2 Å². The van der Waals surface area contributed by atoms with E-state index in [1.807, 2.05) is 31.2 Å². The smallest absolute Gasteiger partial charge is 0.264 e. The number of hydrogen-bond acceptors (Lipinski definition) is 6. The summed E-state index contributed by atoms with van der Waals surface area (Å²) in [7, 11) is 1.71. The van der Waals surface area contributed by atoms with Crippen molar-refractivity contribution in [3.05, 3.63) is 59.0 Å². The molecule has 9 heteroatoms. The molecule has 0 saturated carbocycles. The Morgan fingerprint density at radius 3 is 2.74 bits per heavy atom. The van der Waals surface area contributed by atoms with E-state index >= 15 is 0 Å². The number of thiazole rings is 1. The van der Waals surface area contributed by atoms with E-state index < -0.39 is 0 Å². The molecule has 0 fully saturated rings. The predicted molar refractivity (Wildman–Crippen MR) is 119 cm³/mol. The van der Waals surface area contributed by atoms with Crippen molar-refractivity contribution in [3.63, 3.8) is 0 Å². The van der Waals surface area contributed by atoms with Crippen molar-refractivity contribution in [1.29, 1.82) is 0 Å². The van der Waals surface area contributed by atoms with Crippen molar-refractivity contribution in [2.24, 2.45) is 0 Å². The molecule has 0 bridgehead atoms. The lowest BCUT2D eigenvalue weighted by Gasteiger charge is -2.26. The normalized spacial score (nSPS) is 12.7. The van der Waals surface area contributed by atoms with Gasteiger partial charge < -0.3 is 20.3 Å². The predicted octanol–water partition coefficient (Wildman–Crippen LogP) is 2.84. The maximum atomic E-state index is 12.3. The van der Waals surface area contributed by atoms with Gasteiger partial charge in [-0.25, -0.2) is 4.98 Å². The second kappa shape index (κ2) is 8.57. The van der Waals surface area contributed by atoms with E-state index in [4.69, 9.17) is 4.74 Å². The van der Waals surface area contributed by atoms with Crippen LogP contribution in [-0.2, 0) is 9.59 Å². The summed E-state index contributed by atoms with van der Waals surface area (Å²) < 4.78 is 5.46. The quantitative estimate of drug-likeness (QED) is 0.641. The van der Waals surface area contributed by atoms with Crippen LogP contribution in [0.25, 0.3) is 11.3 Å². The molecule has 0 saturated heterocycles. The second-order valence-electron chi connectivity index (χ2n) is 6.94. The maximum Gasteiger partial charge on any atom is 0.264 e. The van der Waals surface area contributed by atoms with Crippen LogP contribution < -0.4 is 20.3 Å². The molecule has 2 heterocycles. The molecule has 4 rings (SSSR count). The Morgan fingerprint density at radius 2 is 1.97 bits per heavy atom. The van der Waals surface area contributed by atoms with Crippen LogP contribution in [0.2, 0.25) is 0 Å². The van der Waals surface area contributed by atoms with Gasteiger partial charge in [-0.15, -0.1) is 11.3 Å². The summed E-state index contributed by atoms with van der Waals surface area (Å²) in [5, 5.41) is 5.75. The first-order valence-corrected chi connectivity index (χ1v) is 10.4. The van der Waals surface area contributed by atoms with Crippen molar-refractivity contribution in [2.75, 3.05) is 30.4 Å². The van der Waals surface area contributed by atoms with E-state index in [2.05, 4.69) is 15.6 Å². The van der Waals surface area contributed by atoms with Gasteiger partial charge in [0.1, 0.15) is 5.75 Å². The van der Waals surface area contributed by atoms with Crippen molar-refractivity contribution in [1.82, 2.24) is 10.3 Å². The number of carbonyl (C=O) groups is 3. The number of nitrogens with one attached hydrogen (secondary N) is 2. The van der Waals surface area contributed by atoms with Crippen LogP contribution in [0.15, 0.2) is 48.5 Å². The largest absolute Gasteiger partial charge is 0.482 e. The summed E-state index contributed by atoms with van der Waals surface area (Å²) in [6.45, 7) is 1.77. The molecule has 3 amide bonds. The van der Waals surface area contributed by atoms with E-state index in [1.165, 1.54) is 11.3 Å². The number of benzene rings is 2. The van der Waals surface area contributed by atoms with Gasteiger partial charge in [-0.1, -0.05) is 18.2 Å². The summed E-state index contributed by atoms with van der Waals surface area (Å²) in [5.74, 6) is -0.165. The molecule has 0 radical (unpaired) electrons. The van der Waals surface area contributed by atoms with Crippen molar-refractivity contribution in [2.45, 2.75) is 6.92 Å². The summed E-state index contributed by atoms with van der Waals surface area (Å²) in [6.07, 6.45) is 0. The Morgan fingerprint density at radius 1 is 1.19 bits per heavy atom. The fourth-order valence-corrected chi connectivity index (χ4v) is 4.00. The molecule has 2 aromatic carbocycles. The molecule has 0 atom stereocenters. The zero-order chi connectivity index (χ0) is 22.0. The van der Waals surface area contributed by atoms with Gasteiger partial charge in [0.2, 0.25) is 5.91 Å². The Labute approximate surface area is 182 Å². The Hall–Kier alpha value is -3.72. The lowest BCUT2D eigenvalue weighted by Crippen LogP contribution is -2.35. The number of aryl methyl sites for hydroxylation is 1. The molecule has 158 valence electrons. The highest BCUT2D eigenvalue weighted by Crippen LogP contribution is 2.37. The minimum Gasteiger partial charge on any atom is -0.482 e. The molecule has 0 spiro atoms. The maximum absolute atomic E-state index is 12.3. The fourth-order valence-electron chi connectivity index (χ4n) is 3.15. The highest BCUT2D eigenvalue weighted by Gasteiger charge is 2.23. The van der Waals surface area contributed by atoms with Gasteiger partial charge in [0.25, 0.3) is 11.8 Å². The van der Waals surface area contributed by atoms with Crippen LogP contribution in [0.1, 0.15) is 15.2 Å². The molecule has 1 aliphatic rings. The third kappa shape index (κ3) is 4.41. The second-order valence-corrected chi connectivity index (χ2v) is 8.15. The Bertz CT molecular complexity index is 1160. The third-order valence-corrected chi connectivity index (χ3v) is 5.69. The topological polar surface area (TPSA) is 101 Å². The van der Waals surface area contributed by atoms with Gasteiger partial charge in [-0.05, 0) is 37.3 Å². The van der Waals surface area contributed by atoms with E-state index in [9.17, 15) is 14.4 Å². The molecule has 31 heavy (non-hydrogen) atoms. The number of nitrogens with zero attached hydrogens (tertiary/aromatic N) is 2. The Kier molecular flexibility index (Phi) is 5.68. The number of rotatable bonds is 5. The molecule has 8 nitrogen and oxygen atoms in total. The summed E-state index contributed by atoms with van der Waals surface area (Å²) in [5.41, 5.74) is 2.69. The first-order chi connectivity index (χ1) is 14.9. The summed E-state index contributed by atoms with van der Waals surface area (Å²) in [4.78, 5) is 43.2. The lowest BCUT2D eigenvalue weighted by atomic mass is 10.1. The molecule has 2 N–H and O–H groups in total. The van der Waals surface area contributed by atoms with Crippen molar-refractivity contribution in [3.8, 4) is 17.0 Å². The number of amides is 3. The fraction of sp³-hybridized carbons (Fsp3) is 0.182. The monoisotopic (exact) mass is 436 g/mol. The van der Waals surface area contributed by atoms with Crippen LogP contribution in [0.3, 0.4) is 0 Å². The lowest BCUT2D eigenvalue weighted by molar-refractivity contribution is -0.121. The minimum absolute atomic E-state index is 0.0234. The van der Waals surface area contributed by atoms with E-state index in [-0.39, 0.29) is 30.9 Å². The highest BCUT2D eigenvalue weighted by molar-refractivity contribution is 7.16. The number of fused-ring (bicyclic) bond motifs is 1. The van der Waals surface area contributed by atoms with Crippen LogP contribution in [0, 0.1) is 6.92 Å². The van der Waals surface area contributed by atoms with E-state index in [0.717, 1.165) is 10.4 Å². The number of carbonyl (C=O) groups excluding carboxylic acids is 3. The van der Waals surface area contributed by atoms with Gasteiger partial charge >= 0.3 is 0 Å². The average molecular weight is 436 g/mol. The minimum atomic E-state index is -0.367. The van der Waals surface area contributed by atoms with Gasteiger partial charge in [-0.2, -0.15) is 0 Å². The Balaban J connectivity index is 1.44. The molecule has 0 unspecified atom stereocenters. The van der Waals surface area contributed by atoms with Crippen LogP contribution in [0.5, 0.6) is 5.75 Å². The van der Waals surface area contributed by atoms with Crippen molar-refractivity contribution < 1.29 is 19.1 Å². The van der Waals surface area contributed by atoms with Crippen LogP contribution in [-0.4, -0.2) is 42.9 Å². The number of ether oxygens (including phenoxy) is 1. The number of anilines is 2. The molecule has 0 aliphatic carbocycles. The SMILES string of the molecule is Cc1sc(NC(=O)CNC(=O)c2ccccc2)nc1-c1ccc2c(c1)N(C)C(=O)CO2. The first-order valence-electron chi connectivity index (χ1n) is 9.56. The zero-order valence-corrected chi connectivity index (χ0v) is 17.8. The molecule has 3 aromatic rings. The van der Waals surface area contributed by atoms with Gasteiger partial charge in [-0.3, -0.25) is 14.4 Å². The average Bonchev–Trinajstić information content (AvgIpc) is 3.15. The molecular weight excluding hydrogens is 416 g/mol.